The number of hydrogen-bond donors (Lipinski definition) is 5. The molecule has 0 heterocycles. The van der Waals surface area contributed by atoms with Gasteiger partial charge >= 0.3 is 43.8 Å². The van der Waals surface area contributed by atoms with Gasteiger partial charge in [-0.15, -0.1) is 0 Å². The standard InChI is InChI=1S/H4O7P2.H2O.2O.W/c1-8(2,3)7-9(4,5)6;;;;/h(H2,1,2,3)(H2,4,5,6);1H2;;;/q;;;;+1/p-1. The van der Waals surface area contributed by atoms with Gasteiger partial charge in [-0.1, -0.05) is 0 Å². The summed E-state index contributed by atoms with van der Waals surface area (Å²) in [6, 6.07) is 0. The van der Waals surface area contributed by atoms with E-state index in [-0.39, 0.29) is 0 Å². The molecule has 0 unspecified atom stereocenters. The molecule has 0 spiro atoms. The Morgan fingerprint density at radius 3 is 1.08 bits per heavy atom. The van der Waals surface area contributed by atoms with Crippen LogP contribution in [0.25, 0.3) is 0 Å². The van der Waals surface area contributed by atoms with E-state index in [0.717, 1.165) is 0 Å². The van der Waals surface area contributed by atoms with Crippen LogP contribution in [0.15, 0.2) is 0 Å². The molecule has 0 saturated carbocycles. The summed E-state index contributed by atoms with van der Waals surface area (Å²) < 4.78 is 46.8. The van der Waals surface area contributed by atoms with Gasteiger partial charge in [-0.2, -0.15) is 4.31 Å². The van der Waals surface area contributed by atoms with Crippen molar-refractivity contribution in [3.8, 4) is 0 Å². The van der Waals surface area contributed by atoms with E-state index in [0.29, 0.717) is 0 Å². The predicted octanol–water partition coefficient (Wildman–Crippen LogP) is -1.61. The van der Waals surface area contributed by atoms with E-state index in [4.69, 9.17) is 30.1 Å². The van der Waals surface area contributed by atoms with Crippen LogP contribution in [-0.4, -0.2) is 23.3 Å². The molecule has 0 aliphatic heterocycles. The van der Waals surface area contributed by atoms with Crippen LogP contribution >= 0.6 is 15.6 Å². The second-order valence-electron chi connectivity index (χ2n) is 1.28. The number of phosphoric acid groups is 2. The normalized spacial score (nSPS) is 11.5. The fourth-order valence-corrected chi connectivity index (χ4v) is 1.25. The molecule has 13 heteroatoms. The van der Waals surface area contributed by atoms with Gasteiger partial charge in [0, 0.05) is 0 Å². The molecule has 10 nitrogen and oxygen atoms in total. The van der Waals surface area contributed by atoms with Crippen molar-refractivity contribution in [1.82, 2.24) is 0 Å². The third-order valence-corrected chi connectivity index (χ3v) is 1.91. The van der Waals surface area contributed by atoms with Crippen LogP contribution in [0.5, 0.6) is 0 Å². The van der Waals surface area contributed by atoms with Gasteiger partial charge in [0.05, 0.1) is 0 Å². The van der Waals surface area contributed by atoms with Crippen LogP contribution < -0.4 is 0 Å². The Kier molecular flexibility index (Phi) is 7.46. The molecule has 13 heavy (non-hydrogen) atoms. The first-order valence-electron chi connectivity index (χ1n) is 2.05. The summed E-state index contributed by atoms with van der Waals surface area (Å²) in [5.41, 5.74) is 0. The summed E-state index contributed by atoms with van der Waals surface area (Å²) in [4.78, 5) is 31.0. The van der Waals surface area contributed by atoms with E-state index in [2.05, 4.69) is 4.31 Å². The van der Waals surface area contributed by atoms with Gasteiger partial charge in [0.15, 0.2) is 0 Å². The summed E-state index contributed by atoms with van der Waals surface area (Å²) >= 11 is -4.03. The molecule has 0 rings (SSSR count). The summed E-state index contributed by atoms with van der Waals surface area (Å²) in [5.74, 6) is 0. The molecule has 0 aliphatic rings. The van der Waals surface area contributed by atoms with E-state index < -0.39 is 33.3 Å². The average Bonchev–Trinajstić information content (AvgIpc) is 1.47. The first-order valence-corrected chi connectivity index (χ1v) is 8.81. The molecule has 0 aliphatic carbocycles. The van der Waals surface area contributed by atoms with E-state index in [9.17, 15) is 9.13 Å². The van der Waals surface area contributed by atoms with Gasteiger partial charge in [0.1, 0.15) is 0 Å². The van der Waals surface area contributed by atoms with Crippen LogP contribution in [0.3, 0.4) is 0 Å². The molecule has 0 aromatic carbocycles. The molecule has 0 fully saturated rings. The van der Waals surface area contributed by atoms with E-state index in [1.54, 1.807) is 0 Å². The Hall–Kier alpha value is 0.508. The monoisotopic (exact) mass is 411 g/mol. The predicted molar refractivity (Wildman–Crippen MR) is 28.8 cm³/mol. The zero-order chi connectivity index (χ0) is 11.3. The van der Waals surface area contributed by atoms with Gasteiger partial charge in [-0.3, -0.25) is 0 Å². The van der Waals surface area contributed by atoms with Crippen LogP contribution in [0.1, 0.15) is 0 Å². The zero-order valence-electron chi connectivity index (χ0n) is 5.58. The van der Waals surface area contributed by atoms with Crippen LogP contribution in [0, 0.1) is 0 Å². The van der Waals surface area contributed by atoms with Crippen molar-refractivity contribution in [3.63, 3.8) is 0 Å². The summed E-state index contributed by atoms with van der Waals surface area (Å²) in [6.07, 6.45) is 0. The minimum absolute atomic E-state index is 2.96. The quantitative estimate of drug-likeness (QED) is 0.332. The molecular formula is H5O10P2W. The Labute approximate surface area is 77.3 Å². The van der Waals surface area contributed by atoms with Crippen molar-refractivity contribution >= 4 is 15.6 Å². The van der Waals surface area contributed by atoms with E-state index in [1.165, 1.54) is 0 Å². The fourth-order valence-electron chi connectivity index (χ4n) is 0.139. The molecule has 0 atom stereocenters. The summed E-state index contributed by atoms with van der Waals surface area (Å²) in [7, 11) is -10.1. The fraction of sp³-hybridized carbons (Fsp3) is 0. The van der Waals surface area contributed by atoms with Crippen molar-refractivity contribution in [1.29, 1.82) is 0 Å². The van der Waals surface area contributed by atoms with Gasteiger partial charge < -0.3 is 19.6 Å². The zero-order valence-corrected chi connectivity index (χ0v) is 10.3. The average molecular weight is 411 g/mol. The molecule has 0 saturated heterocycles. The molecule has 81 valence electrons. The minimum atomic E-state index is -5.05. The molecule has 0 aromatic rings. The van der Waals surface area contributed by atoms with Gasteiger partial charge in [0.2, 0.25) is 0 Å². The Balaban J connectivity index is 0. The molecule has 0 bridgehead atoms. The molecule has 0 amide bonds. The maximum atomic E-state index is 9.63. The second kappa shape index (κ2) is 6.08. The van der Waals surface area contributed by atoms with Crippen LogP contribution in [0.4, 0.5) is 0 Å². The number of rotatable bonds is 2. The maximum absolute atomic E-state index is 9.63. The third kappa shape index (κ3) is 32.6. The first-order chi connectivity index (χ1) is 5.44. The first kappa shape index (κ1) is 16.0. The van der Waals surface area contributed by atoms with E-state index in [1.807, 2.05) is 0 Å². The summed E-state index contributed by atoms with van der Waals surface area (Å²) in [6.45, 7) is 0. The topological polar surface area (TPSA) is 179 Å². The molecule has 0 aromatic heterocycles. The Bertz CT molecular complexity index is 258. The van der Waals surface area contributed by atoms with Crippen molar-refractivity contribution in [2.24, 2.45) is 0 Å². The Morgan fingerprint density at radius 2 is 1.08 bits per heavy atom. The third-order valence-electron chi connectivity index (χ3n) is 0.213. The molecular weight excluding hydrogens is 406 g/mol. The van der Waals surface area contributed by atoms with Crippen LogP contribution in [0.2, 0.25) is 0 Å². The molecule has 0 radical (unpaired) electrons. The van der Waals surface area contributed by atoms with Crippen molar-refractivity contribution in [2.45, 2.75) is 0 Å². The Morgan fingerprint density at radius 1 is 0.923 bits per heavy atom. The van der Waals surface area contributed by atoms with Crippen molar-refractivity contribution < 1.29 is 61.2 Å². The van der Waals surface area contributed by atoms with Gasteiger partial charge in [-0.25, -0.2) is 9.13 Å². The van der Waals surface area contributed by atoms with Crippen molar-refractivity contribution in [3.05, 3.63) is 0 Å². The molecule has 5 N–H and O–H groups in total. The van der Waals surface area contributed by atoms with Gasteiger partial charge in [-0.05, 0) is 0 Å². The SMILES string of the molecule is O=P(O)(O)OP(=O)(O)O.[O]=[W](=[O])[OH]. The number of hydrogen-bond acceptors (Lipinski definition) is 5. The second-order valence-corrected chi connectivity index (χ2v) is 5.46. The van der Waals surface area contributed by atoms with Crippen LogP contribution in [-0.2, 0) is 37.9 Å². The van der Waals surface area contributed by atoms with E-state index >= 15 is 0 Å². The van der Waals surface area contributed by atoms with Gasteiger partial charge in [0.25, 0.3) is 0 Å². The summed E-state index contributed by atoms with van der Waals surface area (Å²) in [5, 5.41) is 0. The van der Waals surface area contributed by atoms with Crippen molar-refractivity contribution in [2.75, 3.05) is 0 Å².